The summed E-state index contributed by atoms with van der Waals surface area (Å²) in [5, 5.41) is 5.18. The smallest absolute Gasteiger partial charge is 0.236 e. The first-order valence-electron chi connectivity index (χ1n) is 6.67. The molecule has 0 bridgehead atoms. The van der Waals surface area contributed by atoms with Crippen molar-refractivity contribution in [3.8, 4) is 0 Å². The molecule has 0 saturated carbocycles. The van der Waals surface area contributed by atoms with Crippen LogP contribution < -0.4 is 5.32 Å². The number of fused-ring (bicyclic) bond motifs is 1. The minimum absolute atomic E-state index is 0.130. The second kappa shape index (κ2) is 5.76. The second-order valence-electron chi connectivity index (χ2n) is 4.90. The average Bonchev–Trinajstić information content (AvgIpc) is 3.06. The van der Waals surface area contributed by atoms with E-state index in [0.717, 1.165) is 25.3 Å². The third-order valence-corrected chi connectivity index (χ3v) is 4.40. The van der Waals surface area contributed by atoms with Crippen LogP contribution in [0.4, 0.5) is 0 Å². The monoisotopic (exact) mass is 291 g/mol. The molecule has 3 heterocycles. The standard InChI is InChI=1S/C14H17N3O2S/c1-10-6-16-13(19-10)7-15-8-14(18)17-4-2-12-11(9-17)3-5-20-12/h3,5-6,15H,2,4,7-9H2,1H3. The van der Waals surface area contributed by atoms with Crippen LogP contribution in [0.2, 0.25) is 0 Å². The van der Waals surface area contributed by atoms with Gasteiger partial charge in [0.15, 0.2) is 0 Å². The molecule has 1 N–H and O–H groups in total. The Labute approximate surface area is 121 Å². The molecule has 20 heavy (non-hydrogen) atoms. The van der Waals surface area contributed by atoms with Gasteiger partial charge in [0.1, 0.15) is 5.76 Å². The Balaban J connectivity index is 1.48. The zero-order valence-electron chi connectivity index (χ0n) is 11.4. The molecule has 1 amide bonds. The molecule has 0 fully saturated rings. The highest BCUT2D eigenvalue weighted by molar-refractivity contribution is 7.10. The van der Waals surface area contributed by atoms with Crippen LogP contribution >= 0.6 is 11.3 Å². The van der Waals surface area contributed by atoms with E-state index in [1.165, 1.54) is 10.4 Å². The zero-order chi connectivity index (χ0) is 13.9. The van der Waals surface area contributed by atoms with Gasteiger partial charge in [0.25, 0.3) is 0 Å². The van der Waals surface area contributed by atoms with E-state index < -0.39 is 0 Å². The number of thiophene rings is 1. The predicted molar refractivity (Wildman–Crippen MR) is 76.4 cm³/mol. The average molecular weight is 291 g/mol. The molecule has 5 nitrogen and oxygen atoms in total. The summed E-state index contributed by atoms with van der Waals surface area (Å²) in [6, 6.07) is 2.11. The number of rotatable bonds is 4. The molecule has 0 saturated heterocycles. The summed E-state index contributed by atoms with van der Waals surface area (Å²) < 4.78 is 5.35. The Hall–Kier alpha value is -1.66. The summed E-state index contributed by atoms with van der Waals surface area (Å²) in [7, 11) is 0. The first-order chi connectivity index (χ1) is 9.72. The minimum Gasteiger partial charge on any atom is -0.445 e. The number of carbonyl (C=O) groups excluding carboxylic acids is 1. The predicted octanol–water partition coefficient (Wildman–Crippen LogP) is 1.72. The first kappa shape index (κ1) is 13.3. The molecule has 0 atom stereocenters. The van der Waals surface area contributed by atoms with Gasteiger partial charge >= 0.3 is 0 Å². The van der Waals surface area contributed by atoms with Gasteiger partial charge in [-0.3, -0.25) is 10.1 Å². The van der Waals surface area contributed by atoms with E-state index in [1.54, 1.807) is 17.5 Å². The van der Waals surface area contributed by atoms with Crippen molar-refractivity contribution in [1.29, 1.82) is 0 Å². The molecule has 0 aromatic carbocycles. The Morgan fingerprint density at radius 1 is 1.60 bits per heavy atom. The number of nitrogens with zero attached hydrogens (tertiary/aromatic N) is 2. The molecular weight excluding hydrogens is 274 g/mol. The van der Waals surface area contributed by atoms with Crippen molar-refractivity contribution in [3.05, 3.63) is 39.7 Å². The zero-order valence-corrected chi connectivity index (χ0v) is 12.2. The molecule has 0 unspecified atom stereocenters. The molecule has 6 heteroatoms. The maximum Gasteiger partial charge on any atom is 0.236 e. The van der Waals surface area contributed by atoms with E-state index in [0.29, 0.717) is 19.0 Å². The van der Waals surface area contributed by atoms with Crippen LogP contribution in [-0.2, 0) is 24.3 Å². The Morgan fingerprint density at radius 2 is 2.50 bits per heavy atom. The Morgan fingerprint density at radius 3 is 3.30 bits per heavy atom. The highest BCUT2D eigenvalue weighted by Crippen LogP contribution is 2.23. The lowest BCUT2D eigenvalue weighted by Gasteiger charge is -2.27. The molecular formula is C14H17N3O2S. The summed E-state index contributed by atoms with van der Waals surface area (Å²) in [6.07, 6.45) is 2.65. The Bertz CT molecular complexity index is 605. The number of nitrogens with one attached hydrogen (secondary N) is 1. The van der Waals surface area contributed by atoms with Crippen molar-refractivity contribution in [2.45, 2.75) is 26.4 Å². The van der Waals surface area contributed by atoms with Gasteiger partial charge in [0.2, 0.25) is 11.8 Å². The van der Waals surface area contributed by atoms with Crippen LogP contribution in [0.25, 0.3) is 0 Å². The quantitative estimate of drug-likeness (QED) is 0.932. The topological polar surface area (TPSA) is 58.4 Å². The summed E-state index contributed by atoms with van der Waals surface area (Å²) >= 11 is 1.78. The number of aromatic nitrogens is 1. The van der Waals surface area contributed by atoms with Gasteiger partial charge in [-0.25, -0.2) is 4.98 Å². The van der Waals surface area contributed by atoms with Gasteiger partial charge in [-0.05, 0) is 30.4 Å². The fourth-order valence-corrected chi connectivity index (χ4v) is 3.22. The van der Waals surface area contributed by atoms with Crippen LogP contribution in [0.15, 0.2) is 22.1 Å². The van der Waals surface area contributed by atoms with Crippen molar-refractivity contribution in [1.82, 2.24) is 15.2 Å². The van der Waals surface area contributed by atoms with Crippen LogP contribution in [0.5, 0.6) is 0 Å². The second-order valence-corrected chi connectivity index (χ2v) is 5.90. The highest BCUT2D eigenvalue weighted by atomic mass is 32.1. The van der Waals surface area contributed by atoms with Crippen molar-refractivity contribution >= 4 is 17.2 Å². The molecule has 1 aliphatic rings. The number of aryl methyl sites for hydroxylation is 1. The van der Waals surface area contributed by atoms with Gasteiger partial charge in [-0.2, -0.15) is 0 Å². The number of hydrogen-bond donors (Lipinski definition) is 1. The summed E-state index contributed by atoms with van der Waals surface area (Å²) in [5.74, 6) is 1.54. The lowest BCUT2D eigenvalue weighted by atomic mass is 10.1. The maximum absolute atomic E-state index is 12.1. The van der Waals surface area contributed by atoms with Crippen LogP contribution in [0.3, 0.4) is 0 Å². The molecule has 106 valence electrons. The molecule has 2 aromatic rings. The molecule has 0 radical (unpaired) electrons. The minimum atomic E-state index is 0.130. The van der Waals surface area contributed by atoms with E-state index in [-0.39, 0.29) is 5.91 Å². The van der Waals surface area contributed by atoms with Crippen molar-refractivity contribution < 1.29 is 9.21 Å². The lowest BCUT2D eigenvalue weighted by Crippen LogP contribution is -2.40. The van der Waals surface area contributed by atoms with Crippen LogP contribution in [-0.4, -0.2) is 28.9 Å². The summed E-state index contributed by atoms with van der Waals surface area (Å²) in [4.78, 5) is 19.6. The van der Waals surface area contributed by atoms with Crippen molar-refractivity contribution in [2.75, 3.05) is 13.1 Å². The van der Waals surface area contributed by atoms with Gasteiger partial charge in [0.05, 0.1) is 19.3 Å². The van der Waals surface area contributed by atoms with Gasteiger partial charge < -0.3 is 9.32 Å². The van der Waals surface area contributed by atoms with E-state index in [1.807, 2.05) is 11.8 Å². The molecule has 0 aliphatic carbocycles. The Kier molecular flexibility index (Phi) is 3.84. The lowest BCUT2D eigenvalue weighted by molar-refractivity contribution is -0.131. The summed E-state index contributed by atoms with van der Waals surface area (Å²) in [6.45, 7) is 4.20. The third kappa shape index (κ3) is 2.91. The number of carbonyl (C=O) groups is 1. The van der Waals surface area contributed by atoms with Gasteiger partial charge in [-0.1, -0.05) is 0 Å². The summed E-state index contributed by atoms with van der Waals surface area (Å²) in [5.41, 5.74) is 1.29. The highest BCUT2D eigenvalue weighted by Gasteiger charge is 2.20. The van der Waals surface area contributed by atoms with Crippen LogP contribution in [0, 0.1) is 6.92 Å². The van der Waals surface area contributed by atoms with Gasteiger partial charge in [0, 0.05) is 18.0 Å². The largest absolute Gasteiger partial charge is 0.445 e. The first-order valence-corrected chi connectivity index (χ1v) is 7.55. The fourth-order valence-electron chi connectivity index (χ4n) is 2.33. The SMILES string of the molecule is Cc1cnc(CNCC(=O)N2CCc3sccc3C2)o1. The number of hydrogen-bond acceptors (Lipinski definition) is 5. The van der Waals surface area contributed by atoms with E-state index in [2.05, 4.69) is 21.7 Å². The van der Waals surface area contributed by atoms with E-state index in [4.69, 9.17) is 4.42 Å². The van der Waals surface area contributed by atoms with E-state index >= 15 is 0 Å². The van der Waals surface area contributed by atoms with E-state index in [9.17, 15) is 4.79 Å². The maximum atomic E-state index is 12.1. The number of oxazole rings is 1. The van der Waals surface area contributed by atoms with Crippen molar-refractivity contribution in [2.24, 2.45) is 0 Å². The number of amides is 1. The molecule has 1 aliphatic heterocycles. The third-order valence-electron chi connectivity index (χ3n) is 3.38. The molecule has 2 aromatic heterocycles. The molecule has 3 rings (SSSR count). The normalized spacial score (nSPS) is 14.3. The van der Waals surface area contributed by atoms with Crippen LogP contribution in [0.1, 0.15) is 22.1 Å². The fraction of sp³-hybridized carbons (Fsp3) is 0.429. The van der Waals surface area contributed by atoms with Gasteiger partial charge in [-0.15, -0.1) is 11.3 Å². The van der Waals surface area contributed by atoms with Crippen molar-refractivity contribution in [3.63, 3.8) is 0 Å². The molecule has 0 spiro atoms.